The van der Waals surface area contributed by atoms with E-state index in [1.54, 1.807) is 12.1 Å². The quantitative estimate of drug-likeness (QED) is 0.467. The van der Waals surface area contributed by atoms with Crippen molar-refractivity contribution in [2.24, 2.45) is 5.92 Å². The summed E-state index contributed by atoms with van der Waals surface area (Å²) in [6.07, 6.45) is 3.08. The fourth-order valence-corrected chi connectivity index (χ4v) is 9.08. The lowest BCUT2D eigenvalue weighted by Crippen LogP contribution is -2.39. The number of carbonyl (C=O) groups excluding carboxylic acids is 3. The van der Waals surface area contributed by atoms with Crippen LogP contribution in [0.5, 0.6) is 0 Å². The number of thiophene rings is 1. The maximum Gasteiger partial charge on any atom is 0.308 e. The van der Waals surface area contributed by atoms with Crippen LogP contribution >= 0.6 is 34.4 Å². The van der Waals surface area contributed by atoms with E-state index in [1.807, 2.05) is 41.5 Å². The molecule has 0 radical (unpaired) electrons. The number of carbonyl (C=O) groups is 3. The molecule has 0 N–H and O–H groups in total. The van der Waals surface area contributed by atoms with E-state index in [1.165, 1.54) is 32.6 Å². The Morgan fingerprint density at radius 1 is 1.00 bits per heavy atom. The predicted octanol–water partition coefficient (Wildman–Crippen LogP) is 4.09. The number of nitrogens with zero attached hydrogens (tertiary/aromatic N) is 3. The van der Waals surface area contributed by atoms with E-state index in [-0.39, 0.29) is 35.1 Å². The molecule has 3 amide bonds. The van der Waals surface area contributed by atoms with Gasteiger partial charge < -0.3 is 4.90 Å². The summed E-state index contributed by atoms with van der Waals surface area (Å²) in [4.78, 5) is 58.3. The minimum absolute atomic E-state index is 0.0317. The van der Waals surface area contributed by atoms with Gasteiger partial charge in [0.2, 0.25) is 17.7 Å². The Balaban J connectivity index is 1.41. The summed E-state index contributed by atoms with van der Waals surface area (Å²) in [5.74, 6) is -1.55. The first-order valence-electron chi connectivity index (χ1n) is 12.1. The highest BCUT2D eigenvalue weighted by Gasteiger charge is 2.57. The number of imide groups is 1. The maximum absolute atomic E-state index is 13.8. The minimum atomic E-state index is -0.649. The Kier molecular flexibility index (Phi) is 6.13. The fraction of sp³-hybridized carbons (Fsp3) is 0.385. The second kappa shape index (κ2) is 9.32. The third-order valence-corrected chi connectivity index (χ3v) is 10.8. The lowest BCUT2D eigenvalue weighted by atomic mass is 9.87. The zero-order chi connectivity index (χ0) is 25.0. The van der Waals surface area contributed by atoms with Crippen molar-refractivity contribution in [1.29, 1.82) is 0 Å². The van der Waals surface area contributed by atoms with Gasteiger partial charge in [-0.3, -0.25) is 23.7 Å². The number of fused-ring (bicyclic) bond motifs is 2. The Hall–Kier alpha value is -2.69. The first kappa shape index (κ1) is 23.7. The number of thioether (sulfide) groups is 1. The van der Waals surface area contributed by atoms with Gasteiger partial charge in [-0.1, -0.05) is 46.9 Å². The van der Waals surface area contributed by atoms with Gasteiger partial charge in [-0.15, -0.1) is 11.3 Å². The van der Waals surface area contributed by atoms with Crippen LogP contribution in [0, 0.1) is 12.8 Å². The number of piperidine rings is 1. The van der Waals surface area contributed by atoms with E-state index in [2.05, 4.69) is 0 Å². The fourth-order valence-electron chi connectivity index (χ4n) is 5.36. The highest BCUT2D eigenvalue weighted by atomic mass is 32.2. The minimum Gasteiger partial charge on any atom is -0.341 e. The van der Waals surface area contributed by atoms with Crippen LogP contribution in [0.4, 0.5) is 5.69 Å². The molecule has 1 aromatic carbocycles. The smallest absolute Gasteiger partial charge is 0.308 e. The maximum atomic E-state index is 13.8. The Morgan fingerprint density at radius 2 is 1.75 bits per heavy atom. The van der Waals surface area contributed by atoms with Crippen molar-refractivity contribution >= 4 is 57.8 Å². The van der Waals surface area contributed by atoms with Crippen LogP contribution in [-0.2, 0) is 20.9 Å². The molecule has 0 spiro atoms. The molecule has 3 atom stereocenters. The van der Waals surface area contributed by atoms with Gasteiger partial charge in [-0.25, -0.2) is 4.90 Å². The van der Waals surface area contributed by atoms with Gasteiger partial charge in [0.15, 0.2) is 0 Å². The molecule has 10 heteroatoms. The molecular formula is C26H25N3O4S3. The topological polar surface area (TPSA) is 79.7 Å². The number of hydrogen-bond acceptors (Lipinski definition) is 7. The van der Waals surface area contributed by atoms with E-state index >= 15 is 0 Å². The molecule has 3 aliphatic rings. The Bertz CT molecular complexity index is 1390. The Labute approximate surface area is 220 Å². The van der Waals surface area contributed by atoms with Crippen molar-refractivity contribution < 1.29 is 14.4 Å². The molecule has 5 heterocycles. The number of benzene rings is 1. The van der Waals surface area contributed by atoms with Gasteiger partial charge in [-0.05, 0) is 49.8 Å². The average molecular weight is 540 g/mol. The summed E-state index contributed by atoms with van der Waals surface area (Å²) in [5.41, 5.74) is 1.61. The van der Waals surface area contributed by atoms with E-state index in [4.69, 9.17) is 0 Å². The molecule has 2 aromatic heterocycles. The van der Waals surface area contributed by atoms with E-state index < -0.39 is 11.2 Å². The van der Waals surface area contributed by atoms with Crippen LogP contribution in [0.3, 0.4) is 0 Å². The number of anilines is 1. The molecule has 2 fully saturated rings. The molecule has 2 unspecified atom stereocenters. The number of hydrogen-bond donors (Lipinski definition) is 0. The molecule has 3 aliphatic heterocycles. The van der Waals surface area contributed by atoms with Gasteiger partial charge in [0, 0.05) is 28.8 Å². The van der Waals surface area contributed by atoms with Gasteiger partial charge >= 0.3 is 4.87 Å². The number of thiazole rings is 1. The third-order valence-electron chi connectivity index (χ3n) is 7.19. The average Bonchev–Trinajstić information content (AvgIpc) is 3.58. The number of aryl methyl sites for hydroxylation is 1. The third kappa shape index (κ3) is 3.86. The van der Waals surface area contributed by atoms with Crippen molar-refractivity contribution in [2.75, 3.05) is 18.0 Å². The lowest BCUT2D eigenvalue weighted by Gasteiger charge is -2.30. The highest BCUT2D eigenvalue weighted by Crippen LogP contribution is 2.54. The molecule has 186 valence electrons. The van der Waals surface area contributed by atoms with Crippen LogP contribution in [0.25, 0.3) is 0 Å². The molecule has 0 bridgehead atoms. The standard InChI is InChI=1S/C26H25N3O4S3/c1-15-7-9-16(10-8-15)29-23(31)20-19(17-6-5-13-34-17)22-25(35-21(20)24(29)32)28(26(33)36-22)14-18(30)27-11-3-2-4-12-27/h5-10,13,19-21H,2-4,11-12,14H2,1H3/t19-,20?,21?/m0/s1. The molecule has 2 saturated heterocycles. The van der Waals surface area contributed by atoms with Crippen LogP contribution in [0.15, 0.2) is 51.6 Å². The van der Waals surface area contributed by atoms with Crippen molar-refractivity contribution in [1.82, 2.24) is 9.47 Å². The van der Waals surface area contributed by atoms with E-state index in [0.29, 0.717) is 23.8 Å². The summed E-state index contributed by atoms with van der Waals surface area (Å²) in [6, 6.07) is 11.3. The van der Waals surface area contributed by atoms with Crippen molar-refractivity contribution in [2.45, 2.75) is 48.9 Å². The zero-order valence-corrected chi connectivity index (χ0v) is 22.2. The first-order chi connectivity index (χ1) is 17.4. The summed E-state index contributed by atoms with van der Waals surface area (Å²) in [6.45, 7) is 3.36. The summed E-state index contributed by atoms with van der Waals surface area (Å²) in [5, 5.41) is 1.95. The van der Waals surface area contributed by atoms with E-state index in [9.17, 15) is 19.2 Å². The van der Waals surface area contributed by atoms with Crippen molar-refractivity contribution in [3.63, 3.8) is 0 Å². The first-order valence-corrected chi connectivity index (χ1v) is 14.7. The number of likely N-dealkylation sites (tertiary alicyclic amines) is 1. The summed E-state index contributed by atoms with van der Waals surface area (Å²) < 4.78 is 1.53. The molecule has 3 aromatic rings. The largest absolute Gasteiger partial charge is 0.341 e. The molecule has 6 rings (SSSR count). The second-order valence-corrected chi connectivity index (χ2v) is 12.6. The lowest BCUT2D eigenvalue weighted by molar-refractivity contribution is -0.133. The normalized spacial score (nSPS) is 23.6. The number of aromatic nitrogens is 1. The zero-order valence-electron chi connectivity index (χ0n) is 19.7. The van der Waals surface area contributed by atoms with E-state index in [0.717, 1.165) is 45.9 Å². The monoisotopic (exact) mass is 539 g/mol. The van der Waals surface area contributed by atoms with Gasteiger partial charge in [-0.2, -0.15) is 0 Å². The molecular weight excluding hydrogens is 515 g/mol. The predicted molar refractivity (Wildman–Crippen MR) is 142 cm³/mol. The van der Waals surface area contributed by atoms with Gasteiger partial charge in [0.25, 0.3) is 0 Å². The molecule has 0 aliphatic carbocycles. The van der Waals surface area contributed by atoms with Crippen LogP contribution in [0.1, 0.15) is 40.5 Å². The van der Waals surface area contributed by atoms with Crippen LogP contribution < -0.4 is 9.77 Å². The number of amides is 3. The Morgan fingerprint density at radius 3 is 2.44 bits per heavy atom. The van der Waals surface area contributed by atoms with Crippen LogP contribution in [-0.4, -0.2) is 45.5 Å². The van der Waals surface area contributed by atoms with Crippen LogP contribution in [0.2, 0.25) is 0 Å². The summed E-state index contributed by atoms with van der Waals surface area (Å²) in [7, 11) is 0. The molecule has 0 saturated carbocycles. The summed E-state index contributed by atoms with van der Waals surface area (Å²) >= 11 is 3.90. The highest BCUT2D eigenvalue weighted by molar-refractivity contribution is 8.00. The van der Waals surface area contributed by atoms with Gasteiger partial charge in [0.05, 0.1) is 16.6 Å². The molecule has 7 nitrogen and oxygen atoms in total. The number of rotatable bonds is 4. The van der Waals surface area contributed by atoms with Crippen molar-refractivity contribution in [3.05, 3.63) is 66.8 Å². The van der Waals surface area contributed by atoms with Crippen molar-refractivity contribution in [3.8, 4) is 0 Å². The SMILES string of the molecule is Cc1ccc(N2C(=O)C3Sc4c(sc(=O)n4CC(=O)N4CCCCC4)[C@@H](c4cccs4)C3C2=O)cc1. The second-order valence-electron chi connectivity index (χ2n) is 9.47. The van der Waals surface area contributed by atoms with Gasteiger partial charge in [0.1, 0.15) is 11.8 Å². The molecule has 36 heavy (non-hydrogen) atoms.